The zero-order valence-electron chi connectivity index (χ0n) is 14.2. The number of aliphatic hydroxyl groups excluding tert-OH is 1. The summed E-state index contributed by atoms with van der Waals surface area (Å²) >= 11 is 0. The first-order valence-electron chi connectivity index (χ1n) is 9.29. The highest BCUT2D eigenvalue weighted by Gasteiger charge is 2.53. The minimum absolute atomic E-state index is 0.314. The van der Waals surface area contributed by atoms with Gasteiger partial charge in [0.15, 0.2) is 0 Å². The molecule has 1 aromatic carbocycles. The van der Waals surface area contributed by atoms with E-state index in [0.29, 0.717) is 23.5 Å². The average Bonchev–Trinajstić information content (AvgIpc) is 2.57. The first-order valence-corrected chi connectivity index (χ1v) is 9.29. The van der Waals surface area contributed by atoms with Crippen LogP contribution >= 0.6 is 0 Å². The molecule has 4 heteroatoms. The Morgan fingerprint density at radius 2 is 1.71 bits per heavy atom. The van der Waals surface area contributed by atoms with E-state index in [4.69, 9.17) is 10.00 Å². The zero-order valence-corrected chi connectivity index (χ0v) is 14.2. The number of hydrogen-bond donors (Lipinski definition) is 2. The Kier molecular flexibility index (Phi) is 4.24. The van der Waals surface area contributed by atoms with E-state index >= 15 is 0 Å². The van der Waals surface area contributed by atoms with E-state index in [1.807, 2.05) is 0 Å². The molecule has 4 nitrogen and oxygen atoms in total. The lowest BCUT2D eigenvalue weighted by atomic mass is 9.53. The van der Waals surface area contributed by atoms with Gasteiger partial charge in [0.2, 0.25) is 0 Å². The van der Waals surface area contributed by atoms with Gasteiger partial charge < -0.3 is 15.2 Å². The third-order valence-electron chi connectivity index (χ3n) is 6.33. The lowest BCUT2D eigenvalue weighted by Crippen LogP contribution is -3.00. The third-order valence-corrected chi connectivity index (χ3v) is 6.33. The molecule has 4 fully saturated rings. The number of benzene rings is 1. The van der Waals surface area contributed by atoms with E-state index < -0.39 is 6.10 Å². The van der Waals surface area contributed by atoms with Crippen LogP contribution < -0.4 is 10.1 Å². The van der Waals surface area contributed by atoms with Gasteiger partial charge in [-0.25, -0.2) is 0 Å². The Bertz CT molecular complexity index is 584. The van der Waals surface area contributed by atoms with Gasteiger partial charge in [-0.2, -0.15) is 5.26 Å². The minimum Gasteiger partial charge on any atom is -0.491 e. The second-order valence-electron chi connectivity index (χ2n) is 8.32. The highest BCUT2D eigenvalue weighted by molar-refractivity contribution is 5.34. The van der Waals surface area contributed by atoms with Crippen LogP contribution in [-0.4, -0.2) is 29.9 Å². The summed E-state index contributed by atoms with van der Waals surface area (Å²) in [7, 11) is 0. The normalized spacial score (nSPS) is 34.8. The average molecular weight is 327 g/mol. The van der Waals surface area contributed by atoms with Crippen molar-refractivity contribution in [1.29, 1.82) is 5.26 Å². The van der Waals surface area contributed by atoms with Crippen LogP contribution in [0, 0.1) is 29.1 Å². The van der Waals surface area contributed by atoms with E-state index in [2.05, 4.69) is 11.4 Å². The number of nitrogens with zero attached hydrogens (tertiary/aromatic N) is 1. The molecule has 1 atom stereocenters. The number of ether oxygens (including phenoxy) is 1. The van der Waals surface area contributed by atoms with E-state index in [1.165, 1.54) is 38.5 Å². The molecule has 0 aliphatic heterocycles. The van der Waals surface area contributed by atoms with Crippen LogP contribution in [0.15, 0.2) is 24.3 Å². The summed E-state index contributed by atoms with van der Waals surface area (Å²) in [5, 5.41) is 21.5. The largest absolute Gasteiger partial charge is 0.491 e. The van der Waals surface area contributed by atoms with Gasteiger partial charge in [-0.15, -0.1) is 0 Å². The van der Waals surface area contributed by atoms with E-state index in [-0.39, 0.29) is 0 Å². The summed E-state index contributed by atoms with van der Waals surface area (Å²) in [5.41, 5.74) is 1.03. The lowest BCUT2D eigenvalue weighted by Gasteiger charge is -2.54. The summed E-state index contributed by atoms with van der Waals surface area (Å²) in [5.74, 6) is 3.54. The summed E-state index contributed by atoms with van der Waals surface area (Å²) in [4.78, 5) is 0. The molecule has 5 rings (SSSR count). The van der Waals surface area contributed by atoms with Crippen molar-refractivity contribution in [2.45, 2.75) is 50.2 Å². The number of nitrogens with two attached hydrogens (primary N) is 1. The van der Waals surface area contributed by atoms with Crippen LogP contribution in [0.4, 0.5) is 0 Å². The minimum atomic E-state index is -0.450. The molecule has 0 radical (unpaired) electrons. The predicted octanol–water partition coefficient (Wildman–Crippen LogP) is 1.83. The molecule has 0 saturated heterocycles. The molecule has 128 valence electrons. The Morgan fingerprint density at radius 1 is 1.12 bits per heavy atom. The van der Waals surface area contributed by atoms with Gasteiger partial charge in [0, 0.05) is 19.3 Å². The first kappa shape index (κ1) is 15.9. The van der Waals surface area contributed by atoms with Crippen molar-refractivity contribution in [2.75, 3.05) is 13.2 Å². The van der Waals surface area contributed by atoms with Gasteiger partial charge in [-0.05, 0) is 61.3 Å². The molecule has 0 spiro atoms. The summed E-state index contributed by atoms with van der Waals surface area (Å²) in [6.45, 7) is 1.04. The monoisotopic (exact) mass is 327 g/mol. The Hall–Kier alpha value is -1.57. The second-order valence-corrected chi connectivity index (χ2v) is 8.32. The van der Waals surface area contributed by atoms with Crippen molar-refractivity contribution in [1.82, 2.24) is 0 Å². The SMILES string of the molecule is N#Cc1ccc(OC[C@@H](O)C[NH2+]C23CC4CC(CC(C4)C2)C3)cc1. The van der Waals surface area contributed by atoms with Crippen LogP contribution in [-0.2, 0) is 0 Å². The van der Waals surface area contributed by atoms with Gasteiger partial charge >= 0.3 is 0 Å². The molecular formula is C20H27N2O2+. The van der Waals surface area contributed by atoms with Gasteiger partial charge in [-0.3, -0.25) is 0 Å². The smallest absolute Gasteiger partial charge is 0.137 e. The van der Waals surface area contributed by atoms with Crippen LogP contribution in [0.2, 0.25) is 0 Å². The summed E-state index contributed by atoms with van der Waals surface area (Å²) < 4.78 is 5.66. The molecule has 0 amide bonds. The van der Waals surface area contributed by atoms with Crippen LogP contribution in [0.25, 0.3) is 0 Å². The Morgan fingerprint density at radius 3 is 2.25 bits per heavy atom. The fraction of sp³-hybridized carbons (Fsp3) is 0.650. The molecule has 4 bridgehead atoms. The first-order chi connectivity index (χ1) is 11.6. The van der Waals surface area contributed by atoms with Crippen molar-refractivity contribution >= 4 is 0 Å². The van der Waals surface area contributed by atoms with Crippen LogP contribution in [0.3, 0.4) is 0 Å². The number of nitriles is 1. The molecule has 4 aliphatic rings. The van der Waals surface area contributed by atoms with Gasteiger partial charge in [0.05, 0.1) is 17.2 Å². The number of quaternary nitrogens is 1. The highest BCUT2D eigenvalue weighted by atomic mass is 16.5. The van der Waals surface area contributed by atoms with E-state index in [1.54, 1.807) is 24.3 Å². The molecular weight excluding hydrogens is 300 g/mol. The summed E-state index contributed by atoms with van der Waals surface area (Å²) in [6, 6.07) is 9.14. The van der Waals surface area contributed by atoms with E-state index in [0.717, 1.165) is 24.3 Å². The quantitative estimate of drug-likeness (QED) is 0.837. The maximum absolute atomic E-state index is 10.3. The Balaban J connectivity index is 1.26. The predicted molar refractivity (Wildman–Crippen MR) is 90.4 cm³/mol. The van der Waals surface area contributed by atoms with E-state index in [9.17, 15) is 5.11 Å². The second kappa shape index (κ2) is 6.38. The van der Waals surface area contributed by atoms with Crippen molar-refractivity contribution in [3.05, 3.63) is 29.8 Å². The fourth-order valence-electron chi connectivity index (χ4n) is 5.70. The number of hydrogen-bond acceptors (Lipinski definition) is 3. The maximum atomic E-state index is 10.3. The Labute approximate surface area is 143 Å². The topological polar surface area (TPSA) is 69.9 Å². The van der Waals surface area contributed by atoms with Crippen molar-refractivity contribution in [3.8, 4) is 11.8 Å². The van der Waals surface area contributed by atoms with Gasteiger partial charge in [0.1, 0.15) is 25.0 Å². The van der Waals surface area contributed by atoms with Crippen molar-refractivity contribution in [3.63, 3.8) is 0 Å². The van der Waals surface area contributed by atoms with Crippen LogP contribution in [0.5, 0.6) is 5.75 Å². The summed E-state index contributed by atoms with van der Waals surface area (Å²) in [6.07, 6.45) is 7.97. The lowest BCUT2D eigenvalue weighted by molar-refractivity contribution is -0.743. The van der Waals surface area contributed by atoms with Crippen LogP contribution in [0.1, 0.15) is 44.1 Å². The molecule has 4 aliphatic carbocycles. The van der Waals surface area contributed by atoms with Gasteiger partial charge in [-0.1, -0.05) is 0 Å². The fourth-order valence-corrected chi connectivity index (χ4v) is 5.70. The molecule has 3 N–H and O–H groups in total. The third kappa shape index (κ3) is 3.29. The molecule has 24 heavy (non-hydrogen) atoms. The molecule has 0 heterocycles. The number of aliphatic hydroxyl groups is 1. The molecule has 0 aromatic heterocycles. The molecule has 4 saturated carbocycles. The van der Waals surface area contributed by atoms with Gasteiger partial charge in [0.25, 0.3) is 0 Å². The zero-order chi connectivity index (χ0) is 16.6. The maximum Gasteiger partial charge on any atom is 0.137 e. The standard InChI is InChI=1S/C20H26N2O2/c21-11-14-1-3-19(4-2-14)24-13-18(23)12-22-20-8-15-5-16(9-20)7-17(6-15)10-20/h1-4,15-18,22-23H,5-10,12-13H2/p+1/t15?,16?,17?,18-,20?/m0/s1. The highest BCUT2D eigenvalue weighted by Crippen LogP contribution is 2.54. The molecule has 0 unspecified atom stereocenters. The number of rotatable bonds is 6. The van der Waals surface area contributed by atoms with Crippen molar-refractivity contribution < 1.29 is 15.2 Å². The van der Waals surface area contributed by atoms with Crippen molar-refractivity contribution in [2.24, 2.45) is 17.8 Å². The molecule has 1 aromatic rings.